The van der Waals surface area contributed by atoms with Gasteiger partial charge >= 0.3 is 0 Å². The molecule has 0 spiro atoms. The molecule has 1 aromatic heterocycles. The summed E-state index contributed by atoms with van der Waals surface area (Å²) in [4.78, 5) is 0.159. The second-order valence-corrected chi connectivity index (χ2v) is 8.21. The monoisotopic (exact) mass is 372 g/mol. The summed E-state index contributed by atoms with van der Waals surface area (Å²) >= 11 is 6.30. The highest BCUT2D eigenvalue weighted by molar-refractivity contribution is 7.91. The van der Waals surface area contributed by atoms with E-state index in [0.717, 1.165) is 24.3 Å². The van der Waals surface area contributed by atoms with Crippen LogP contribution in [0.25, 0.3) is 11.0 Å². The van der Waals surface area contributed by atoms with Gasteiger partial charge in [-0.3, -0.25) is 0 Å². The molecule has 0 bridgehead atoms. The molecule has 0 saturated heterocycles. The normalized spacial score (nSPS) is 14.2. The van der Waals surface area contributed by atoms with Gasteiger partial charge in [0.15, 0.2) is 5.58 Å². The summed E-state index contributed by atoms with van der Waals surface area (Å²) < 4.78 is 31.8. The van der Waals surface area contributed by atoms with Crippen molar-refractivity contribution in [2.24, 2.45) is 0 Å². The maximum Gasteiger partial charge on any atom is 0.206 e. The molecular weight excluding hydrogens is 360 g/mol. The van der Waals surface area contributed by atoms with Gasteiger partial charge in [0.1, 0.15) is 5.76 Å². The van der Waals surface area contributed by atoms with Crippen molar-refractivity contribution < 1.29 is 12.8 Å². The highest BCUT2D eigenvalue weighted by Gasteiger charge is 2.24. The minimum Gasteiger partial charge on any atom is -0.459 e. The first-order valence-corrected chi connectivity index (χ1v) is 9.56. The fraction of sp³-hybridized carbons (Fsp3) is 0.167. The molecule has 0 saturated carbocycles. The Morgan fingerprint density at radius 2 is 2.04 bits per heavy atom. The third-order valence-corrected chi connectivity index (χ3v) is 6.33. The summed E-state index contributed by atoms with van der Waals surface area (Å²) in [5.41, 5.74) is 1.75. The maximum atomic E-state index is 13.0. The third kappa shape index (κ3) is 2.61. The second-order valence-electron chi connectivity index (χ2n) is 5.86. The SMILES string of the molecule is N#Cc1cccc(S(=O)(=O)c2cc(Cl)c3oc4c(c3c2)CNCC4)c1. The zero-order chi connectivity index (χ0) is 17.6. The van der Waals surface area contributed by atoms with E-state index < -0.39 is 9.84 Å². The van der Waals surface area contributed by atoms with Crippen molar-refractivity contribution in [2.75, 3.05) is 6.54 Å². The fourth-order valence-electron chi connectivity index (χ4n) is 3.07. The lowest BCUT2D eigenvalue weighted by molar-refractivity contribution is 0.500. The number of halogens is 1. The fourth-order valence-corrected chi connectivity index (χ4v) is 4.75. The van der Waals surface area contributed by atoms with Gasteiger partial charge in [-0.15, -0.1) is 0 Å². The molecule has 0 amide bonds. The quantitative estimate of drug-likeness (QED) is 0.745. The maximum absolute atomic E-state index is 13.0. The second kappa shape index (κ2) is 5.88. The van der Waals surface area contributed by atoms with Crippen molar-refractivity contribution in [1.82, 2.24) is 5.32 Å². The Morgan fingerprint density at radius 3 is 2.84 bits per heavy atom. The summed E-state index contributed by atoms with van der Waals surface area (Å²) in [6, 6.07) is 10.9. The average molecular weight is 373 g/mol. The number of hydrogen-bond donors (Lipinski definition) is 1. The Balaban J connectivity index is 1.93. The van der Waals surface area contributed by atoms with Gasteiger partial charge in [0.2, 0.25) is 9.84 Å². The van der Waals surface area contributed by atoms with E-state index in [2.05, 4.69) is 5.32 Å². The average Bonchev–Trinajstić information content (AvgIpc) is 3.01. The molecular formula is C18H13ClN2O3S. The molecule has 0 fully saturated rings. The van der Waals surface area contributed by atoms with E-state index in [1.54, 1.807) is 18.2 Å². The van der Waals surface area contributed by atoms with Gasteiger partial charge in [-0.05, 0) is 30.3 Å². The number of nitrogens with zero attached hydrogens (tertiary/aromatic N) is 1. The molecule has 2 aromatic carbocycles. The van der Waals surface area contributed by atoms with Crippen LogP contribution in [0.4, 0.5) is 0 Å². The Bertz CT molecular complexity index is 1140. The van der Waals surface area contributed by atoms with Crippen LogP contribution in [0, 0.1) is 11.3 Å². The summed E-state index contributed by atoms with van der Waals surface area (Å²) in [6.45, 7) is 1.43. The van der Waals surface area contributed by atoms with Gasteiger partial charge in [0, 0.05) is 30.5 Å². The van der Waals surface area contributed by atoms with E-state index in [4.69, 9.17) is 21.3 Å². The molecule has 7 heteroatoms. The Labute approximate surface area is 149 Å². The molecule has 3 aromatic rings. The lowest BCUT2D eigenvalue weighted by atomic mass is 10.1. The summed E-state index contributed by atoms with van der Waals surface area (Å²) in [6.07, 6.45) is 0.743. The predicted molar refractivity (Wildman–Crippen MR) is 93.2 cm³/mol. The van der Waals surface area contributed by atoms with E-state index in [0.29, 0.717) is 17.5 Å². The number of hydrogen-bond acceptors (Lipinski definition) is 5. The zero-order valence-corrected chi connectivity index (χ0v) is 14.6. The Kier molecular flexibility index (Phi) is 3.80. The molecule has 0 atom stereocenters. The van der Waals surface area contributed by atoms with E-state index in [1.807, 2.05) is 6.07 Å². The van der Waals surface area contributed by atoms with Crippen molar-refractivity contribution in [3.05, 3.63) is 58.3 Å². The highest BCUT2D eigenvalue weighted by Crippen LogP contribution is 2.36. The first-order valence-electron chi connectivity index (χ1n) is 7.70. The van der Waals surface area contributed by atoms with E-state index in [1.165, 1.54) is 18.2 Å². The number of nitrogens with one attached hydrogen (secondary N) is 1. The molecule has 0 radical (unpaired) electrons. The van der Waals surface area contributed by atoms with Crippen LogP contribution in [0.3, 0.4) is 0 Å². The van der Waals surface area contributed by atoms with E-state index in [-0.39, 0.29) is 20.4 Å². The lowest BCUT2D eigenvalue weighted by Gasteiger charge is -2.11. The minimum absolute atomic E-state index is 0.0671. The van der Waals surface area contributed by atoms with Crippen LogP contribution in [-0.4, -0.2) is 15.0 Å². The number of nitriles is 1. The van der Waals surface area contributed by atoms with Crippen LogP contribution in [0.15, 0.2) is 50.6 Å². The van der Waals surface area contributed by atoms with Gasteiger partial charge in [-0.1, -0.05) is 17.7 Å². The molecule has 25 heavy (non-hydrogen) atoms. The van der Waals surface area contributed by atoms with Crippen LogP contribution in [0.1, 0.15) is 16.9 Å². The number of furan rings is 1. The van der Waals surface area contributed by atoms with Crippen molar-refractivity contribution >= 4 is 32.4 Å². The van der Waals surface area contributed by atoms with Gasteiger partial charge in [-0.25, -0.2) is 8.42 Å². The first-order chi connectivity index (χ1) is 12.0. The zero-order valence-electron chi connectivity index (χ0n) is 13.0. The Morgan fingerprint density at radius 1 is 1.20 bits per heavy atom. The Hall–Kier alpha value is -2.33. The summed E-state index contributed by atoms with van der Waals surface area (Å²) in [7, 11) is -3.79. The number of sulfone groups is 1. The van der Waals surface area contributed by atoms with Crippen LogP contribution in [0.2, 0.25) is 5.02 Å². The molecule has 1 aliphatic heterocycles. The molecule has 1 aliphatic rings. The van der Waals surface area contributed by atoms with Crippen LogP contribution >= 0.6 is 11.6 Å². The van der Waals surface area contributed by atoms with Crippen LogP contribution < -0.4 is 5.32 Å². The minimum atomic E-state index is -3.79. The number of fused-ring (bicyclic) bond motifs is 3. The largest absolute Gasteiger partial charge is 0.459 e. The van der Waals surface area contributed by atoms with Crippen LogP contribution in [0.5, 0.6) is 0 Å². The van der Waals surface area contributed by atoms with Gasteiger partial charge in [0.25, 0.3) is 0 Å². The predicted octanol–water partition coefficient (Wildman–Crippen LogP) is 3.44. The molecule has 4 rings (SSSR count). The topological polar surface area (TPSA) is 83.1 Å². The summed E-state index contributed by atoms with van der Waals surface area (Å²) in [5, 5.41) is 13.2. The standard InChI is InChI=1S/C18H13ClN2O3S/c19-16-8-13(25(22,23)12-3-1-2-11(6-12)9-20)7-14-15-10-21-5-4-17(15)24-18(14)16/h1-3,6-8,21H,4-5,10H2. The van der Waals surface area contributed by atoms with E-state index in [9.17, 15) is 8.42 Å². The highest BCUT2D eigenvalue weighted by atomic mass is 35.5. The van der Waals surface area contributed by atoms with Crippen molar-refractivity contribution in [3.8, 4) is 6.07 Å². The van der Waals surface area contributed by atoms with E-state index >= 15 is 0 Å². The van der Waals surface area contributed by atoms with Crippen molar-refractivity contribution in [1.29, 1.82) is 5.26 Å². The number of benzene rings is 2. The van der Waals surface area contributed by atoms with Gasteiger partial charge in [0.05, 0.1) is 26.4 Å². The molecule has 126 valence electrons. The molecule has 0 unspecified atom stereocenters. The van der Waals surface area contributed by atoms with Crippen LogP contribution in [-0.2, 0) is 22.8 Å². The van der Waals surface area contributed by atoms with Crippen molar-refractivity contribution in [2.45, 2.75) is 22.8 Å². The van der Waals surface area contributed by atoms with Gasteiger partial charge < -0.3 is 9.73 Å². The molecule has 0 aliphatic carbocycles. The number of rotatable bonds is 2. The smallest absolute Gasteiger partial charge is 0.206 e. The molecule has 2 heterocycles. The van der Waals surface area contributed by atoms with Gasteiger partial charge in [-0.2, -0.15) is 5.26 Å². The summed E-state index contributed by atoms with van der Waals surface area (Å²) in [5.74, 6) is 0.844. The third-order valence-electron chi connectivity index (χ3n) is 4.32. The molecule has 5 nitrogen and oxygen atoms in total. The first kappa shape index (κ1) is 16.2. The van der Waals surface area contributed by atoms with Crippen molar-refractivity contribution in [3.63, 3.8) is 0 Å². The molecule has 1 N–H and O–H groups in total. The lowest BCUT2D eigenvalue weighted by Crippen LogP contribution is -2.22.